The van der Waals surface area contributed by atoms with Crippen LogP contribution in [0, 0.1) is 0 Å². The second-order valence-electron chi connectivity index (χ2n) is 4.59. The molecule has 0 saturated carbocycles. The first-order valence-electron chi connectivity index (χ1n) is 6.44. The molecular formula is C12H23N3O3. The van der Waals surface area contributed by atoms with Crippen molar-refractivity contribution < 1.29 is 14.3 Å². The van der Waals surface area contributed by atoms with E-state index in [9.17, 15) is 9.59 Å². The summed E-state index contributed by atoms with van der Waals surface area (Å²) in [5, 5.41) is 0. The lowest BCUT2D eigenvalue weighted by molar-refractivity contribution is -0.133. The predicted octanol–water partition coefficient (Wildman–Crippen LogP) is 0.415. The molecule has 2 amide bonds. The van der Waals surface area contributed by atoms with E-state index in [2.05, 4.69) is 11.7 Å². The van der Waals surface area contributed by atoms with Gasteiger partial charge in [-0.15, -0.1) is 0 Å². The van der Waals surface area contributed by atoms with Crippen molar-refractivity contribution in [2.24, 2.45) is 5.73 Å². The monoisotopic (exact) mass is 257 g/mol. The number of carbonyl (C=O) groups excluding carboxylic acids is 2. The Morgan fingerprint density at radius 2 is 1.78 bits per heavy atom. The minimum Gasteiger partial charge on any atom is -0.453 e. The normalized spacial score (nSPS) is 17.5. The molecule has 1 rings (SSSR count). The number of ether oxygens (including phenoxy) is 1. The third-order valence-corrected chi connectivity index (χ3v) is 3.16. The molecule has 0 radical (unpaired) electrons. The zero-order valence-corrected chi connectivity index (χ0v) is 11.2. The lowest BCUT2D eigenvalue weighted by atomic mass is 10.1. The van der Waals surface area contributed by atoms with E-state index >= 15 is 0 Å². The Bertz CT molecular complexity index is 288. The van der Waals surface area contributed by atoms with Crippen LogP contribution in [0.15, 0.2) is 0 Å². The molecule has 2 N–H and O–H groups in total. The van der Waals surface area contributed by atoms with Crippen LogP contribution >= 0.6 is 0 Å². The summed E-state index contributed by atoms with van der Waals surface area (Å²) in [5.41, 5.74) is 5.86. The minimum atomic E-state index is -0.329. The molecule has 0 aromatic heterocycles. The summed E-state index contributed by atoms with van der Waals surface area (Å²) in [6, 6.07) is -0.0545. The Balaban J connectivity index is 2.33. The van der Waals surface area contributed by atoms with Crippen molar-refractivity contribution in [1.29, 1.82) is 0 Å². The van der Waals surface area contributed by atoms with Crippen molar-refractivity contribution in [3.05, 3.63) is 0 Å². The Hall–Kier alpha value is -1.30. The molecular weight excluding hydrogens is 234 g/mol. The van der Waals surface area contributed by atoms with E-state index in [4.69, 9.17) is 5.73 Å². The van der Waals surface area contributed by atoms with Crippen molar-refractivity contribution in [2.45, 2.75) is 32.2 Å². The molecule has 1 fully saturated rings. The zero-order chi connectivity index (χ0) is 13.5. The SMILES string of the molecule is CCCC(N)CC(=O)N1CCN(C(=O)OC)CC1. The predicted molar refractivity (Wildman–Crippen MR) is 68.1 cm³/mol. The molecule has 1 aliphatic heterocycles. The van der Waals surface area contributed by atoms with Crippen LogP contribution in [-0.4, -0.2) is 61.1 Å². The van der Waals surface area contributed by atoms with Gasteiger partial charge in [0.2, 0.25) is 5.91 Å². The van der Waals surface area contributed by atoms with Crippen LogP contribution in [0.25, 0.3) is 0 Å². The van der Waals surface area contributed by atoms with Crippen LogP contribution in [0.5, 0.6) is 0 Å². The van der Waals surface area contributed by atoms with Gasteiger partial charge in [0.15, 0.2) is 0 Å². The molecule has 0 aliphatic carbocycles. The number of piperazine rings is 1. The zero-order valence-electron chi connectivity index (χ0n) is 11.2. The van der Waals surface area contributed by atoms with E-state index in [1.807, 2.05) is 0 Å². The standard InChI is InChI=1S/C12H23N3O3/c1-3-4-10(13)9-11(16)14-5-7-15(8-6-14)12(17)18-2/h10H,3-9,13H2,1-2H3. The fourth-order valence-corrected chi connectivity index (χ4v) is 2.09. The number of rotatable bonds is 4. The van der Waals surface area contributed by atoms with Gasteiger partial charge in [0.25, 0.3) is 0 Å². The van der Waals surface area contributed by atoms with Crippen LogP contribution < -0.4 is 5.73 Å². The Morgan fingerprint density at radius 1 is 1.22 bits per heavy atom. The number of amides is 2. The van der Waals surface area contributed by atoms with Gasteiger partial charge >= 0.3 is 6.09 Å². The molecule has 0 spiro atoms. The number of methoxy groups -OCH3 is 1. The van der Waals surface area contributed by atoms with Crippen molar-refractivity contribution in [3.63, 3.8) is 0 Å². The van der Waals surface area contributed by atoms with Gasteiger partial charge < -0.3 is 20.3 Å². The van der Waals surface area contributed by atoms with E-state index in [-0.39, 0.29) is 18.0 Å². The number of hydrogen-bond acceptors (Lipinski definition) is 4. The smallest absolute Gasteiger partial charge is 0.409 e. The summed E-state index contributed by atoms with van der Waals surface area (Å²) < 4.78 is 4.65. The molecule has 104 valence electrons. The molecule has 18 heavy (non-hydrogen) atoms. The first-order valence-corrected chi connectivity index (χ1v) is 6.44. The molecule has 1 saturated heterocycles. The highest BCUT2D eigenvalue weighted by Gasteiger charge is 2.25. The summed E-state index contributed by atoms with van der Waals surface area (Å²) in [4.78, 5) is 26.6. The largest absolute Gasteiger partial charge is 0.453 e. The molecule has 1 aliphatic rings. The number of hydrogen-bond donors (Lipinski definition) is 1. The minimum absolute atomic E-state index is 0.0545. The molecule has 1 unspecified atom stereocenters. The van der Waals surface area contributed by atoms with Gasteiger partial charge in [-0.05, 0) is 6.42 Å². The van der Waals surface area contributed by atoms with E-state index in [1.54, 1.807) is 9.80 Å². The van der Waals surface area contributed by atoms with Gasteiger partial charge in [-0.2, -0.15) is 0 Å². The van der Waals surface area contributed by atoms with E-state index in [1.165, 1.54) is 7.11 Å². The third kappa shape index (κ3) is 4.18. The average Bonchev–Trinajstić information content (AvgIpc) is 2.38. The lowest BCUT2D eigenvalue weighted by Crippen LogP contribution is -2.51. The van der Waals surface area contributed by atoms with Gasteiger partial charge in [-0.3, -0.25) is 4.79 Å². The third-order valence-electron chi connectivity index (χ3n) is 3.16. The summed E-state index contributed by atoms with van der Waals surface area (Å²) in [6.07, 6.45) is 1.93. The lowest BCUT2D eigenvalue weighted by Gasteiger charge is -2.34. The summed E-state index contributed by atoms with van der Waals surface area (Å²) in [6.45, 7) is 4.24. The summed E-state index contributed by atoms with van der Waals surface area (Å²) in [7, 11) is 1.36. The highest BCUT2D eigenvalue weighted by Crippen LogP contribution is 2.07. The maximum Gasteiger partial charge on any atom is 0.409 e. The second-order valence-corrected chi connectivity index (χ2v) is 4.59. The van der Waals surface area contributed by atoms with Gasteiger partial charge in [0.1, 0.15) is 0 Å². The molecule has 1 atom stereocenters. The van der Waals surface area contributed by atoms with Crippen molar-refractivity contribution in [2.75, 3.05) is 33.3 Å². The van der Waals surface area contributed by atoms with Gasteiger partial charge in [0.05, 0.1) is 7.11 Å². The fraction of sp³-hybridized carbons (Fsp3) is 0.833. The van der Waals surface area contributed by atoms with Gasteiger partial charge in [-0.25, -0.2) is 4.79 Å². The molecule has 6 heteroatoms. The van der Waals surface area contributed by atoms with Crippen LogP contribution in [-0.2, 0) is 9.53 Å². The van der Waals surface area contributed by atoms with Crippen LogP contribution in [0.3, 0.4) is 0 Å². The Morgan fingerprint density at radius 3 is 2.28 bits per heavy atom. The molecule has 0 bridgehead atoms. The number of nitrogens with zero attached hydrogens (tertiary/aromatic N) is 2. The maximum absolute atomic E-state index is 11.9. The van der Waals surface area contributed by atoms with Crippen LogP contribution in [0.4, 0.5) is 4.79 Å². The van der Waals surface area contributed by atoms with Crippen molar-refractivity contribution in [1.82, 2.24) is 9.80 Å². The molecule has 0 aromatic carbocycles. The fourth-order valence-electron chi connectivity index (χ4n) is 2.09. The highest BCUT2D eigenvalue weighted by molar-refractivity contribution is 5.77. The Kier molecular flexibility index (Phi) is 5.91. The average molecular weight is 257 g/mol. The van der Waals surface area contributed by atoms with E-state index < -0.39 is 0 Å². The van der Waals surface area contributed by atoms with Gasteiger partial charge in [0, 0.05) is 38.6 Å². The first-order chi connectivity index (χ1) is 8.58. The quantitative estimate of drug-likeness (QED) is 0.791. The van der Waals surface area contributed by atoms with E-state index in [0.717, 1.165) is 12.8 Å². The van der Waals surface area contributed by atoms with Crippen LogP contribution in [0.1, 0.15) is 26.2 Å². The summed E-state index contributed by atoms with van der Waals surface area (Å²) in [5.74, 6) is 0.0838. The molecule has 1 heterocycles. The Labute approximate surface area is 108 Å². The maximum atomic E-state index is 11.9. The first kappa shape index (κ1) is 14.8. The molecule has 0 aromatic rings. The topological polar surface area (TPSA) is 75.9 Å². The van der Waals surface area contributed by atoms with Gasteiger partial charge in [-0.1, -0.05) is 13.3 Å². The van der Waals surface area contributed by atoms with Crippen molar-refractivity contribution >= 4 is 12.0 Å². The molecule has 6 nitrogen and oxygen atoms in total. The summed E-state index contributed by atoms with van der Waals surface area (Å²) >= 11 is 0. The highest BCUT2D eigenvalue weighted by atomic mass is 16.5. The number of carbonyl (C=O) groups is 2. The van der Waals surface area contributed by atoms with Crippen LogP contribution in [0.2, 0.25) is 0 Å². The number of nitrogens with two attached hydrogens (primary N) is 1. The van der Waals surface area contributed by atoms with E-state index in [0.29, 0.717) is 32.6 Å². The second kappa shape index (κ2) is 7.20. The van der Waals surface area contributed by atoms with Crippen molar-refractivity contribution in [3.8, 4) is 0 Å².